The Morgan fingerprint density at radius 1 is 1.26 bits per heavy atom. The van der Waals surface area contributed by atoms with Gasteiger partial charge in [0.05, 0.1) is 19.0 Å². The van der Waals surface area contributed by atoms with E-state index in [9.17, 15) is 5.11 Å². The van der Waals surface area contributed by atoms with Crippen molar-refractivity contribution in [3.8, 4) is 0 Å². The molecule has 2 aromatic rings. The number of aromatic nitrogens is 4. The molecule has 3 rings (SSSR count). The highest BCUT2D eigenvalue weighted by Crippen LogP contribution is 2.31. The van der Waals surface area contributed by atoms with Crippen LogP contribution in [0.1, 0.15) is 19.1 Å². The van der Waals surface area contributed by atoms with Crippen molar-refractivity contribution in [1.29, 1.82) is 0 Å². The Bertz CT molecular complexity index is 689. The second-order valence-corrected chi connectivity index (χ2v) is 5.48. The van der Waals surface area contributed by atoms with Crippen molar-refractivity contribution in [2.75, 3.05) is 24.6 Å². The number of rotatable bonds is 7. The number of fused-ring (bicyclic) bond motifs is 1. The van der Waals surface area contributed by atoms with Crippen molar-refractivity contribution in [3.63, 3.8) is 0 Å². The Labute approximate surface area is 134 Å². The number of nitrogens with zero attached hydrogens (tertiary/aromatic N) is 5. The molecule has 122 valence electrons. The van der Waals surface area contributed by atoms with E-state index < -0.39 is 0 Å². The van der Waals surface area contributed by atoms with Gasteiger partial charge in [0.2, 0.25) is 0 Å². The van der Waals surface area contributed by atoms with Gasteiger partial charge in [-0.1, -0.05) is 12.2 Å². The fourth-order valence-electron chi connectivity index (χ4n) is 2.87. The molecule has 1 saturated heterocycles. The van der Waals surface area contributed by atoms with Gasteiger partial charge in [0.1, 0.15) is 12.6 Å². The van der Waals surface area contributed by atoms with Gasteiger partial charge in [-0.15, -0.1) is 13.2 Å². The van der Waals surface area contributed by atoms with Gasteiger partial charge in [0, 0.05) is 13.1 Å². The molecule has 0 amide bonds. The molecule has 0 saturated carbocycles. The van der Waals surface area contributed by atoms with Gasteiger partial charge in [-0.3, -0.25) is 4.57 Å². The van der Waals surface area contributed by atoms with Crippen LogP contribution in [-0.4, -0.2) is 50.4 Å². The van der Waals surface area contributed by atoms with Crippen LogP contribution in [0.25, 0.3) is 11.2 Å². The molecular formula is C16H21N5O2. The Balaban J connectivity index is 1.97. The second-order valence-electron chi connectivity index (χ2n) is 5.48. The molecule has 23 heavy (non-hydrogen) atoms. The van der Waals surface area contributed by atoms with Crippen LogP contribution in [0, 0.1) is 0 Å². The van der Waals surface area contributed by atoms with Gasteiger partial charge in [0.15, 0.2) is 17.0 Å². The number of hydrogen-bond donors (Lipinski definition) is 1. The van der Waals surface area contributed by atoms with E-state index in [4.69, 9.17) is 4.74 Å². The smallest absolute Gasteiger partial charge is 0.167 e. The minimum Gasteiger partial charge on any atom is -0.394 e. The standard InChI is InChI=1S/C16H21N5O2/c1-3-7-20(8-4-2)15-14-16(18-10-17-15)21(11-19-14)13-6-5-12(9-22)23-13/h3-4,10-13,22H,1-2,5-9H2. The lowest BCUT2D eigenvalue weighted by atomic mass is 10.2. The molecule has 1 aliphatic rings. The number of anilines is 1. The first-order chi connectivity index (χ1) is 11.3. The van der Waals surface area contributed by atoms with Crippen LogP contribution in [0.5, 0.6) is 0 Å². The van der Waals surface area contributed by atoms with Crippen molar-refractivity contribution in [2.45, 2.75) is 25.2 Å². The topological polar surface area (TPSA) is 76.3 Å². The maximum absolute atomic E-state index is 9.23. The zero-order valence-corrected chi connectivity index (χ0v) is 13.0. The third-order valence-electron chi connectivity index (χ3n) is 3.94. The first-order valence-corrected chi connectivity index (χ1v) is 7.69. The summed E-state index contributed by atoms with van der Waals surface area (Å²) >= 11 is 0. The molecule has 0 aromatic carbocycles. The Morgan fingerprint density at radius 2 is 2.04 bits per heavy atom. The van der Waals surface area contributed by atoms with Crippen LogP contribution in [0.3, 0.4) is 0 Å². The maximum atomic E-state index is 9.23. The predicted molar refractivity (Wildman–Crippen MR) is 88.2 cm³/mol. The molecule has 3 heterocycles. The SMILES string of the molecule is C=CCN(CC=C)c1ncnc2c1ncn2C1CCC(CO)O1. The van der Waals surface area contributed by atoms with E-state index in [1.165, 1.54) is 6.33 Å². The van der Waals surface area contributed by atoms with Crippen molar-refractivity contribution in [3.05, 3.63) is 38.0 Å². The molecule has 7 heteroatoms. The Hall–Kier alpha value is -2.25. The highest BCUT2D eigenvalue weighted by molar-refractivity contribution is 5.83. The van der Waals surface area contributed by atoms with E-state index in [0.717, 1.165) is 29.8 Å². The second kappa shape index (κ2) is 6.89. The normalized spacial score (nSPS) is 20.7. The summed E-state index contributed by atoms with van der Waals surface area (Å²) in [6.45, 7) is 8.91. The third kappa shape index (κ3) is 2.97. The molecule has 7 nitrogen and oxygen atoms in total. The van der Waals surface area contributed by atoms with Crippen molar-refractivity contribution >= 4 is 17.0 Å². The van der Waals surface area contributed by atoms with Crippen molar-refractivity contribution in [2.24, 2.45) is 0 Å². The molecule has 1 aliphatic heterocycles. The van der Waals surface area contributed by atoms with Gasteiger partial charge < -0.3 is 14.7 Å². The van der Waals surface area contributed by atoms with Gasteiger partial charge in [-0.05, 0) is 12.8 Å². The first kappa shape index (κ1) is 15.6. The van der Waals surface area contributed by atoms with Gasteiger partial charge in [0.25, 0.3) is 0 Å². The van der Waals surface area contributed by atoms with Crippen LogP contribution < -0.4 is 4.90 Å². The average molecular weight is 315 g/mol. The fraction of sp³-hybridized carbons (Fsp3) is 0.438. The van der Waals surface area contributed by atoms with Crippen molar-refractivity contribution in [1.82, 2.24) is 19.5 Å². The monoisotopic (exact) mass is 315 g/mol. The molecule has 1 N–H and O–H groups in total. The molecule has 2 unspecified atom stereocenters. The van der Waals surface area contributed by atoms with Gasteiger partial charge in [-0.2, -0.15) is 0 Å². The third-order valence-corrected chi connectivity index (χ3v) is 3.94. The Kier molecular flexibility index (Phi) is 4.68. The van der Waals surface area contributed by atoms with E-state index in [2.05, 4.69) is 28.1 Å². The highest BCUT2D eigenvalue weighted by Gasteiger charge is 2.28. The predicted octanol–water partition coefficient (Wildman–Crippen LogP) is 1.67. The minimum atomic E-state index is -0.146. The summed E-state index contributed by atoms with van der Waals surface area (Å²) in [5.41, 5.74) is 1.46. The maximum Gasteiger partial charge on any atom is 0.167 e. The summed E-state index contributed by atoms with van der Waals surface area (Å²) in [4.78, 5) is 15.3. The van der Waals surface area contributed by atoms with Crippen LogP contribution in [0.15, 0.2) is 38.0 Å². The minimum absolute atomic E-state index is 0.0375. The number of hydrogen-bond acceptors (Lipinski definition) is 6. The summed E-state index contributed by atoms with van der Waals surface area (Å²) in [7, 11) is 0. The quantitative estimate of drug-likeness (QED) is 0.783. The molecular weight excluding hydrogens is 294 g/mol. The Morgan fingerprint density at radius 3 is 2.70 bits per heavy atom. The van der Waals surface area contributed by atoms with Gasteiger partial charge in [-0.25, -0.2) is 15.0 Å². The summed E-state index contributed by atoms with van der Waals surface area (Å²) in [6.07, 6.45) is 8.31. The first-order valence-electron chi connectivity index (χ1n) is 7.69. The zero-order chi connectivity index (χ0) is 16.2. The lowest BCUT2D eigenvalue weighted by Gasteiger charge is -2.20. The largest absolute Gasteiger partial charge is 0.394 e. The zero-order valence-electron chi connectivity index (χ0n) is 13.0. The van der Waals surface area contributed by atoms with Crippen LogP contribution in [-0.2, 0) is 4.74 Å². The van der Waals surface area contributed by atoms with Crippen LogP contribution >= 0.6 is 0 Å². The van der Waals surface area contributed by atoms with E-state index in [1.807, 2.05) is 21.6 Å². The number of aliphatic hydroxyl groups excluding tert-OH is 1. The van der Waals surface area contributed by atoms with E-state index in [0.29, 0.717) is 13.1 Å². The lowest BCUT2D eigenvalue weighted by Crippen LogP contribution is -2.24. The van der Waals surface area contributed by atoms with Crippen molar-refractivity contribution < 1.29 is 9.84 Å². The summed E-state index contributed by atoms with van der Waals surface area (Å²) in [5.74, 6) is 0.755. The fourth-order valence-corrected chi connectivity index (χ4v) is 2.87. The summed E-state index contributed by atoms with van der Waals surface area (Å²) in [5, 5.41) is 9.23. The molecule has 2 aromatic heterocycles. The summed E-state index contributed by atoms with van der Waals surface area (Å²) < 4.78 is 7.74. The number of imidazole rings is 1. The molecule has 0 spiro atoms. The molecule has 0 aliphatic carbocycles. The molecule has 0 bridgehead atoms. The van der Waals surface area contributed by atoms with E-state index in [1.54, 1.807) is 6.33 Å². The van der Waals surface area contributed by atoms with Crippen LogP contribution in [0.2, 0.25) is 0 Å². The highest BCUT2D eigenvalue weighted by atomic mass is 16.5. The van der Waals surface area contributed by atoms with E-state index >= 15 is 0 Å². The lowest BCUT2D eigenvalue weighted by molar-refractivity contribution is -0.0207. The average Bonchev–Trinajstić information content (AvgIpc) is 3.20. The van der Waals surface area contributed by atoms with Crippen LogP contribution in [0.4, 0.5) is 5.82 Å². The molecule has 1 fully saturated rings. The molecule has 2 atom stereocenters. The number of ether oxygens (including phenoxy) is 1. The number of aliphatic hydroxyl groups is 1. The summed E-state index contributed by atoms with van der Waals surface area (Å²) in [6, 6.07) is 0. The van der Waals surface area contributed by atoms with E-state index in [-0.39, 0.29) is 18.9 Å². The molecule has 0 radical (unpaired) electrons. The van der Waals surface area contributed by atoms with Gasteiger partial charge >= 0.3 is 0 Å².